The Morgan fingerprint density at radius 1 is 1.10 bits per heavy atom. The lowest BCUT2D eigenvalue weighted by Gasteiger charge is -2.26. The Hall–Kier alpha value is -0.900. The number of aliphatic hydroxyl groups excluding tert-OH is 2. The van der Waals surface area contributed by atoms with Crippen LogP contribution in [0.5, 0.6) is 0 Å². The fraction of sp³-hybridized carbons (Fsp3) is 0.667. The molecule has 0 spiro atoms. The Kier molecular flexibility index (Phi) is 9.31. The van der Waals surface area contributed by atoms with Gasteiger partial charge in [0.1, 0.15) is 6.10 Å². The minimum atomic E-state index is -0.830. The van der Waals surface area contributed by atoms with Crippen LogP contribution >= 0.6 is 0 Å². The fourth-order valence-electron chi connectivity index (χ4n) is 2.46. The second-order valence-corrected chi connectivity index (χ2v) is 5.77. The maximum absolute atomic E-state index is 9.96. The summed E-state index contributed by atoms with van der Waals surface area (Å²) < 4.78 is 5.98. The molecule has 21 heavy (non-hydrogen) atoms. The van der Waals surface area contributed by atoms with E-state index in [0.29, 0.717) is 6.42 Å². The number of rotatable bonds is 11. The van der Waals surface area contributed by atoms with Crippen molar-refractivity contribution in [2.45, 2.75) is 70.7 Å². The van der Waals surface area contributed by atoms with E-state index in [1.165, 1.54) is 19.3 Å². The monoisotopic (exact) mass is 294 g/mol. The van der Waals surface area contributed by atoms with Crippen molar-refractivity contribution in [1.82, 2.24) is 0 Å². The molecule has 0 fully saturated rings. The Labute approximate surface area is 129 Å². The molecule has 3 unspecified atom stereocenters. The second kappa shape index (κ2) is 10.8. The lowest BCUT2D eigenvalue weighted by Crippen LogP contribution is -2.36. The van der Waals surface area contributed by atoms with E-state index < -0.39 is 6.10 Å². The standard InChI is InChI=1S/C18H30O3/c1-3-4-5-7-10-15(2)21-18(17(20)14-19)13-16-11-8-6-9-12-16/h6,8-9,11-12,15,17-20H,3-5,7,10,13-14H2,1-2H3. The maximum atomic E-state index is 9.96. The first-order chi connectivity index (χ1) is 10.2. The first-order valence-corrected chi connectivity index (χ1v) is 8.15. The molecule has 0 heterocycles. The van der Waals surface area contributed by atoms with Gasteiger partial charge in [0, 0.05) is 6.42 Å². The molecule has 120 valence electrons. The van der Waals surface area contributed by atoms with E-state index in [-0.39, 0.29) is 18.8 Å². The fourth-order valence-corrected chi connectivity index (χ4v) is 2.46. The third kappa shape index (κ3) is 7.60. The van der Waals surface area contributed by atoms with E-state index in [0.717, 1.165) is 18.4 Å². The summed E-state index contributed by atoms with van der Waals surface area (Å²) in [4.78, 5) is 0. The number of benzene rings is 1. The summed E-state index contributed by atoms with van der Waals surface area (Å²) in [7, 11) is 0. The van der Waals surface area contributed by atoms with Crippen molar-refractivity contribution in [2.24, 2.45) is 0 Å². The van der Waals surface area contributed by atoms with Gasteiger partial charge in [0.25, 0.3) is 0 Å². The zero-order chi connectivity index (χ0) is 15.5. The average molecular weight is 294 g/mol. The first-order valence-electron chi connectivity index (χ1n) is 8.15. The molecule has 0 saturated heterocycles. The highest BCUT2D eigenvalue weighted by molar-refractivity contribution is 5.15. The van der Waals surface area contributed by atoms with Gasteiger partial charge in [-0.15, -0.1) is 0 Å². The molecule has 0 aliphatic carbocycles. The van der Waals surface area contributed by atoms with Gasteiger partial charge in [-0.05, 0) is 18.9 Å². The molecule has 3 nitrogen and oxygen atoms in total. The molecular formula is C18H30O3. The Bertz CT molecular complexity index is 353. The third-order valence-corrected chi connectivity index (χ3v) is 3.77. The van der Waals surface area contributed by atoms with Gasteiger partial charge in [-0.25, -0.2) is 0 Å². The van der Waals surface area contributed by atoms with Crippen LogP contribution in [0.15, 0.2) is 30.3 Å². The number of hydrogen-bond acceptors (Lipinski definition) is 3. The molecule has 0 saturated carbocycles. The number of hydrogen-bond donors (Lipinski definition) is 2. The molecule has 3 atom stereocenters. The second-order valence-electron chi connectivity index (χ2n) is 5.77. The molecule has 0 aliphatic heterocycles. The normalized spacial score (nSPS) is 15.6. The highest BCUT2D eigenvalue weighted by Crippen LogP contribution is 2.15. The quantitative estimate of drug-likeness (QED) is 0.616. The van der Waals surface area contributed by atoms with Gasteiger partial charge in [-0.3, -0.25) is 0 Å². The van der Waals surface area contributed by atoms with Gasteiger partial charge < -0.3 is 14.9 Å². The van der Waals surface area contributed by atoms with Crippen LogP contribution in [-0.2, 0) is 11.2 Å². The summed E-state index contributed by atoms with van der Waals surface area (Å²) in [5.41, 5.74) is 1.12. The lowest BCUT2D eigenvalue weighted by molar-refractivity contribution is -0.0873. The van der Waals surface area contributed by atoms with Crippen molar-refractivity contribution in [2.75, 3.05) is 6.61 Å². The van der Waals surface area contributed by atoms with Crippen LogP contribution in [0.4, 0.5) is 0 Å². The predicted molar refractivity (Wildman–Crippen MR) is 86.3 cm³/mol. The van der Waals surface area contributed by atoms with E-state index in [4.69, 9.17) is 4.74 Å². The van der Waals surface area contributed by atoms with Crippen LogP contribution in [-0.4, -0.2) is 35.1 Å². The summed E-state index contributed by atoms with van der Waals surface area (Å²) in [6.07, 6.45) is 5.44. The smallest absolute Gasteiger partial charge is 0.103 e. The minimum Gasteiger partial charge on any atom is -0.394 e. The van der Waals surface area contributed by atoms with Crippen LogP contribution in [0.25, 0.3) is 0 Å². The molecule has 0 bridgehead atoms. The van der Waals surface area contributed by atoms with Crippen LogP contribution in [0.1, 0.15) is 51.5 Å². The molecule has 1 rings (SSSR count). The van der Waals surface area contributed by atoms with Crippen molar-refractivity contribution in [3.05, 3.63) is 35.9 Å². The van der Waals surface area contributed by atoms with Gasteiger partial charge in [0.05, 0.1) is 18.8 Å². The van der Waals surface area contributed by atoms with Crippen molar-refractivity contribution in [3.63, 3.8) is 0 Å². The molecule has 0 aliphatic rings. The molecule has 1 aromatic rings. The number of aliphatic hydroxyl groups is 2. The van der Waals surface area contributed by atoms with Gasteiger partial charge in [0.15, 0.2) is 0 Å². The Morgan fingerprint density at radius 2 is 1.81 bits per heavy atom. The van der Waals surface area contributed by atoms with Gasteiger partial charge in [0.2, 0.25) is 0 Å². The molecule has 3 heteroatoms. The van der Waals surface area contributed by atoms with Gasteiger partial charge in [-0.1, -0.05) is 62.9 Å². The van der Waals surface area contributed by atoms with E-state index >= 15 is 0 Å². The van der Waals surface area contributed by atoms with Crippen LogP contribution in [0.2, 0.25) is 0 Å². The summed E-state index contributed by atoms with van der Waals surface area (Å²) in [6, 6.07) is 9.97. The molecule has 0 radical (unpaired) electrons. The van der Waals surface area contributed by atoms with Gasteiger partial charge in [-0.2, -0.15) is 0 Å². The largest absolute Gasteiger partial charge is 0.394 e. The summed E-state index contributed by atoms with van der Waals surface area (Å²) in [5.74, 6) is 0. The maximum Gasteiger partial charge on any atom is 0.103 e. The Balaban J connectivity index is 2.46. The first kappa shape index (κ1) is 18.1. The molecule has 1 aromatic carbocycles. The van der Waals surface area contributed by atoms with Crippen LogP contribution in [0, 0.1) is 0 Å². The van der Waals surface area contributed by atoms with E-state index in [9.17, 15) is 10.2 Å². The van der Waals surface area contributed by atoms with Crippen molar-refractivity contribution < 1.29 is 14.9 Å². The van der Waals surface area contributed by atoms with Crippen LogP contribution in [0.3, 0.4) is 0 Å². The van der Waals surface area contributed by atoms with Crippen LogP contribution < -0.4 is 0 Å². The summed E-state index contributed by atoms with van der Waals surface area (Å²) >= 11 is 0. The molecular weight excluding hydrogens is 264 g/mol. The highest BCUT2D eigenvalue weighted by atomic mass is 16.5. The van der Waals surface area contributed by atoms with Crippen molar-refractivity contribution >= 4 is 0 Å². The zero-order valence-electron chi connectivity index (χ0n) is 13.4. The third-order valence-electron chi connectivity index (χ3n) is 3.77. The number of ether oxygens (including phenoxy) is 1. The average Bonchev–Trinajstić information content (AvgIpc) is 2.51. The summed E-state index contributed by atoms with van der Waals surface area (Å²) in [6.45, 7) is 3.99. The van der Waals surface area contributed by atoms with Crippen molar-refractivity contribution in [3.8, 4) is 0 Å². The van der Waals surface area contributed by atoms with E-state index in [1.807, 2.05) is 37.3 Å². The van der Waals surface area contributed by atoms with Crippen molar-refractivity contribution in [1.29, 1.82) is 0 Å². The number of unbranched alkanes of at least 4 members (excludes halogenated alkanes) is 3. The lowest BCUT2D eigenvalue weighted by atomic mass is 10.0. The zero-order valence-corrected chi connectivity index (χ0v) is 13.4. The molecule has 2 N–H and O–H groups in total. The topological polar surface area (TPSA) is 49.7 Å². The SMILES string of the molecule is CCCCCCC(C)OC(Cc1ccccc1)C(O)CO. The van der Waals surface area contributed by atoms with E-state index in [2.05, 4.69) is 6.92 Å². The summed E-state index contributed by atoms with van der Waals surface area (Å²) in [5, 5.41) is 19.2. The van der Waals surface area contributed by atoms with Gasteiger partial charge >= 0.3 is 0 Å². The minimum absolute atomic E-state index is 0.108. The molecule has 0 aromatic heterocycles. The van der Waals surface area contributed by atoms with E-state index in [1.54, 1.807) is 0 Å². The molecule has 0 amide bonds. The predicted octanol–water partition coefficient (Wildman–Crippen LogP) is 3.33. The Morgan fingerprint density at radius 3 is 2.43 bits per heavy atom. The highest BCUT2D eigenvalue weighted by Gasteiger charge is 2.22.